The molecule has 0 aromatic heterocycles. The molecule has 1 fully saturated rings. The van der Waals surface area contributed by atoms with Crippen molar-refractivity contribution in [3.8, 4) is 0 Å². The van der Waals surface area contributed by atoms with Gasteiger partial charge in [0.25, 0.3) is 0 Å². The first-order valence-corrected chi connectivity index (χ1v) is 7.08. The number of benzene rings is 1. The molecule has 0 N–H and O–H groups in total. The molecule has 0 unspecified atom stereocenters. The number of carbonyl (C=O) groups is 2. The predicted octanol–water partition coefficient (Wildman–Crippen LogP) is 3.23. The van der Waals surface area contributed by atoms with Gasteiger partial charge >= 0.3 is 0 Å². The third-order valence-corrected chi connectivity index (χ3v) is 4.60. The van der Waals surface area contributed by atoms with Gasteiger partial charge in [0.1, 0.15) is 0 Å². The van der Waals surface area contributed by atoms with E-state index in [1.165, 1.54) is 16.0 Å². The summed E-state index contributed by atoms with van der Waals surface area (Å²) in [5.41, 5.74) is 4.30. The summed E-state index contributed by atoms with van der Waals surface area (Å²) in [5.74, 6) is -0.381. The van der Waals surface area contributed by atoms with Crippen LogP contribution in [0.2, 0.25) is 0 Å². The lowest BCUT2D eigenvalue weighted by molar-refractivity contribution is -0.122. The molecule has 104 valence electrons. The fourth-order valence-electron chi connectivity index (χ4n) is 3.27. The van der Waals surface area contributed by atoms with Crippen molar-refractivity contribution in [3.05, 3.63) is 41.0 Å². The maximum atomic E-state index is 12.6. The maximum absolute atomic E-state index is 12.6. The monoisotopic (exact) mass is 269 g/mol. The van der Waals surface area contributed by atoms with Crippen LogP contribution in [-0.2, 0) is 9.59 Å². The number of imide groups is 1. The Balaban J connectivity index is 1.98. The molecule has 0 saturated carbocycles. The number of allylic oxidation sites excluding steroid dienone is 2. The average molecular weight is 269 g/mol. The number of carbonyl (C=O) groups excluding carboxylic acids is 2. The summed E-state index contributed by atoms with van der Waals surface area (Å²) in [5, 5.41) is 0. The standard InChI is InChI=1S/C17H19NO2/c1-10-5-4-6-13(7-10)18-16(19)14-8-11(2)12(3)9-15(14)17(18)20/h4-7,14-15H,8-9H2,1-3H3/t14-,15+. The molecular formula is C17H19NO2. The van der Waals surface area contributed by atoms with E-state index in [0.717, 1.165) is 18.4 Å². The Morgan fingerprint density at radius 2 is 1.50 bits per heavy atom. The number of nitrogens with zero attached hydrogens (tertiary/aromatic N) is 1. The Hall–Kier alpha value is -1.90. The van der Waals surface area contributed by atoms with Crippen LogP contribution >= 0.6 is 0 Å². The van der Waals surface area contributed by atoms with E-state index in [9.17, 15) is 9.59 Å². The number of hydrogen-bond donors (Lipinski definition) is 0. The van der Waals surface area contributed by atoms with Gasteiger partial charge in [-0.3, -0.25) is 14.5 Å². The molecule has 1 saturated heterocycles. The van der Waals surface area contributed by atoms with E-state index in [4.69, 9.17) is 0 Å². The normalized spacial score (nSPS) is 26.2. The molecule has 1 heterocycles. The molecule has 0 radical (unpaired) electrons. The molecule has 2 atom stereocenters. The van der Waals surface area contributed by atoms with Gasteiger partial charge in [-0.25, -0.2) is 0 Å². The van der Waals surface area contributed by atoms with Crippen molar-refractivity contribution in [2.45, 2.75) is 33.6 Å². The Morgan fingerprint density at radius 1 is 0.950 bits per heavy atom. The van der Waals surface area contributed by atoms with E-state index >= 15 is 0 Å². The fraction of sp³-hybridized carbons (Fsp3) is 0.412. The van der Waals surface area contributed by atoms with E-state index in [-0.39, 0.29) is 23.7 Å². The topological polar surface area (TPSA) is 37.4 Å². The van der Waals surface area contributed by atoms with Crippen molar-refractivity contribution >= 4 is 17.5 Å². The first kappa shape index (κ1) is 13.1. The predicted molar refractivity (Wildman–Crippen MR) is 78.3 cm³/mol. The highest BCUT2D eigenvalue weighted by Crippen LogP contribution is 2.42. The van der Waals surface area contributed by atoms with Crippen molar-refractivity contribution in [1.82, 2.24) is 0 Å². The van der Waals surface area contributed by atoms with E-state index < -0.39 is 0 Å². The van der Waals surface area contributed by atoms with Gasteiger partial charge in [0, 0.05) is 0 Å². The molecule has 1 aliphatic heterocycles. The summed E-state index contributed by atoms with van der Waals surface area (Å²) in [6, 6.07) is 7.60. The molecule has 1 aromatic carbocycles. The van der Waals surface area contributed by atoms with Gasteiger partial charge in [-0.15, -0.1) is 0 Å². The van der Waals surface area contributed by atoms with Crippen molar-refractivity contribution in [2.24, 2.45) is 11.8 Å². The zero-order chi connectivity index (χ0) is 14.4. The molecule has 3 rings (SSSR count). The SMILES string of the molecule is CC1=C(C)C[C@H]2C(=O)N(c3cccc(C)c3)C(=O)[C@H]2C1. The van der Waals surface area contributed by atoms with Gasteiger partial charge in [-0.2, -0.15) is 0 Å². The third kappa shape index (κ3) is 1.89. The lowest BCUT2D eigenvalue weighted by Gasteiger charge is -2.23. The zero-order valence-electron chi connectivity index (χ0n) is 12.1. The number of hydrogen-bond acceptors (Lipinski definition) is 2. The largest absolute Gasteiger partial charge is 0.274 e. The number of amides is 2. The number of rotatable bonds is 1. The Labute approximate surface area is 119 Å². The van der Waals surface area contributed by atoms with Crippen molar-refractivity contribution in [1.29, 1.82) is 0 Å². The van der Waals surface area contributed by atoms with Crippen LogP contribution in [-0.4, -0.2) is 11.8 Å². The van der Waals surface area contributed by atoms with Gasteiger partial charge in [-0.05, 0) is 51.3 Å². The summed E-state index contributed by atoms with van der Waals surface area (Å²) < 4.78 is 0. The molecular weight excluding hydrogens is 250 g/mol. The molecule has 2 amide bonds. The van der Waals surface area contributed by atoms with Gasteiger partial charge in [0.2, 0.25) is 11.8 Å². The van der Waals surface area contributed by atoms with Crippen LogP contribution in [0, 0.1) is 18.8 Å². The van der Waals surface area contributed by atoms with E-state index in [2.05, 4.69) is 13.8 Å². The van der Waals surface area contributed by atoms with Crippen LogP contribution in [0.1, 0.15) is 32.3 Å². The summed E-state index contributed by atoms with van der Waals surface area (Å²) in [6.07, 6.45) is 1.45. The second kappa shape index (κ2) is 4.58. The van der Waals surface area contributed by atoms with Crippen molar-refractivity contribution in [2.75, 3.05) is 4.90 Å². The highest BCUT2D eigenvalue weighted by molar-refractivity contribution is 6.22. The van der Waals surface area contributed by atoms with Crippen LogP contribution in [0.5, 0.6) is 0 Å². The van der Waals surface area contributed by atoms with Crippen LogP contribution in [0.4, 0.5) is 5.69 Å². The van der Waals surface area contributed by atoms with Crippen LogP contribution in [0.15, 0.2) is 35.4 Å². The summed E-state index contributed by atoms with van der Waals surface area (Å²) >= 11 is 0. The minimum atomic E-state index is -0.160. The lowest BCUT2D eigenvalue weighted by atomic mass is 9.78. The summed E-state index contributed by atoms with van der Waals surface area (Å²) in [7, 11) is 0. The average Bonchev–Trinajstić information content (AvgIpc) is 2.63. The minimum absolute atomic E-state index is 0.0301. The molecule has 3 heteroatoms. The lowest BCUT2D eigenvalue weighted by Crippen LogP contribution is -2.30. The van der Waals surface area contributed by atoms with E-state index in [1.807, 2.05) is 31.2 Å². The van der Waals surface area contributed by atoms with Gasteiger partial charge in [0.15, 0.2) is 0 Å². The molecule has 2 aliphatic rings. The maximum Gasteiger partial charge on any atom is 0.238 e. The van der Waals surface area contributed by atoms with E-state index in [0.29, 0.717) is 5.69 Å². The van der Waals surface area contributed by atoms with Crippen molar-refractivity contribution < 1.29 is 9.59 Å². The zero-order valence-corrected chi connectivity index (χ0v) is 12.1. The molecule has 0 spiro atoms. The molecule has 1 aliphatic carbocycles. The molecule has 20 heavy (non-hydrogen) atoms. The third-order valence-electron chi connectivity index (χ3n) is 4.60. The Kier molecular flexibility index (Phi) is 3.00. The van der Waals surface area contributed by atoms with Crippen LogP contribution in [0.3, 0.4) is 0 Å². The Morgan fingerprint density at radius 3 is 2.00 bits per heavy atom. The number of fused-ring (bicyclic) bond motifs is 1. The first-order chi connectivity index (χ1) is 9.49. The van der Waals surface area contributed by atoms with Gasteiger partial charge < -0.3 is 0 Å². The number of aryl methyl sites for hydroxylation is 1. The summed E-state index contributed by atoms with van der Waals surface area (Å²) in [6.45, 7) is 6.11. The smallest absolute Gasteiger partial charge is 0.238 e. The molecule has 0 bridgehead atoms. The second-order valence-electron chi connectivity index (χ2n) is 6.03. The first-order valence-electron chi connectivity index (χ1n) is 7.08. The molecule has 3 nitrogen and oxygen atoms in total. The van der Waals surface area contributed by atoms with Gasteiger partial charge in [-0.1, -0.05) is 23.3 Å². The van der Waals surface area contributed by atoms with Crippen LogP contribution in [0.25, 0.3) is 0 Å². The van der Waals surface area contributed by atoms with Crippen molar-refractivity contribution in [3.63, 3.8) is 0 Å². The number of anilines is 1. The Bertz CT molecular complexity index is 598. The van der Waals surface area contributed by atoms with Crippen LogP contribution < -0.4 is 4.90 Å². The molecule has 1 aromatic rings. The summed E-state index contributed by atoms with van der Waals surface area (Å²) in [4.78, 5) is 26.6. The quantitative estimate of drug-likeness (QED) is 0.580. The minimum Gasteiger partial charge on any atom is -0.274 e. The highest BCUT2D eigenvalue weighted by Gasteiger charge is 2.49. The second-order valence-corrected chi connectivity index (χ2v) is 6.03. The highest BCUT2D eigenvalue weighted by atomic mass is 16.2. The van der Waals surface area contributed by atoms with Gasteiger partial charge in [0.05, 0.1) is 17.5 Å². The fourth-order valence-corrected chi connectivity index (χ4v) is 3.27. The van der Waals surface area contributed by atoms with E-state index in [1.54, 1.807) is 0 Å².